The van der Waals surface area contributed by atoms with Crippen molar-refractivity contribution in [3.63, 3.8) is 0 Å². The number of nitrogens with zero attached hydrogens (tertiary/aromatic N) is 4. The van der Waals surface area contributed by atoms with Crippen LogP contribution in [-0.2, 0) is 12.7 Å². The van der Waals surface area contributed by atoms with E-state index in [-0.39, 0.29) is 51.8 Å². The van der Waals surface area contributed by atoms with E-state index in [0.29, 0.717) is 5.56 Å². The summed E-state index contributed by atoms with van der Waals surface area (Å²) in [5.74, 6) is -0.421. The summed E-state index contributed by atoms with van der Waals surface area (Å²) in [4.78, 5) is 14.9. The molecule has 156 valence electrons. The topological polar surface area (TPSA) is 131 Å². The van der Waals surface area contributed by atoms with Gasteiger partial charge in [0.1, 0.15) is 11.7 Å². The molecule has 4 aromatic rings. The molecular weight excluding hydrogens is 413 g/mol. The fourth-order valence-corrected chi connectivity index (χ4v) is 2.97. The number of anilines is 1. The quantitative estimate of drug-likeness (QED) is 0.364. The Kier molecular flexibility index (Phi) is 4.82. The van der Waals surface area contributed by atoms with Gasteiger partial charge in [-0.25, -0.2) is 15.0 Å². The Morgan fingerprint density at radius 2 is 1.90 bits per heavy atom. The van der Waals surface area contributed by atoms with Crippen molar-refractivity contribution in [3.05, 3.63) is 59.5 Å². The van der Waals surface area contributed by atoms with Crippen LogP contribution in [0.25, 0.3) is 22.3 Å². The molecule has 0 fully saturated rings. The van der Waals surface area contributed by atoms with Crippen LogP contribution in [0.4, 0.5) is 19.1 Å². The van der Waals surface area contributed by atoms with Crippen molar-refractivity contribution in [3.8, 4) is 28.8 Å². The second-order valence-corrected chi connectivity index (χ2v) is 6.56. The molecule has 0 spiro atoms. The summed E-state index contributed by atoms with van der Waals surface area (Å²) in [5.41, 5.74) is 0.416. The fourth-order valence-electron chi connectivity index (χ4n) is 2.97. The molecule has 4 rings (SSSR count). The van der Waals surface area contributed by atoms with Gasteiger partial charge in [0.15, 0.2) is 11.5 Å². The molecule has 1 aromatic carbocycles. The lowest BCUT2D eigenvalue weighted by Gasteiger charge is -2.09. The first-order chi connectivity index (χ1) is 14.8. The maximum atomic E-state index is 13.1. The molecule has 0 aliphatic heterocycles. The molecular formula is C20H13F3N6O2. The van der Waals surface area contributed by atoms with Gasteiger partial charge in [0.2, 0.25) is 5.95 Å². The van der Waals surface area contributed by atoms with Gasteiger partial charge in [-0.1, -0.05) is 6.07 Å². The van der Waals surface area contributed by atoms with Crippen LogP contribution in [0.1, 0.15) is 16.7 Å². The number of nitriles is 1. The summed E-state index contributed by atoms with van der Waals surface area (Å²) in [6, 6.07) is 7.15. The van der Waals surface area contributed by atoms with Crippen molar-refractivity contribution >= 4 is 17.0 Å². The van der Waals surface area contributed by atoms with E-state index in [1.54, 1.807) is 6.07 Å². The third-order valence-corrected chi connectivity index (χ3v) is 4.51. The minimum Gasteiger partial charge on any atom is -0.504 e. The number of benzene rings is 1. The molecule has 0 unspecified atom stereocenters. The highest BCUT2D eigenvalue weighted by Gasteiger charge is 2.31. The first kappa shape index (κ1) is 20.0. The standard InChI is InChI=1S/C20H13F3N6O2/c21-20(22,23)12-4-13-14(9-26-18(13)25-8-12)17-11(5-24)7-28-19(29-17)27-6-10-1-2-15(30)16(31)3-10/h1-4,7-9,30-31H,6H2,(H,25,26)(H,27,28,29). The molecule has 0 aliphatic carbocycles. The Balaban J connectivity index is 1.71. The van der Waals surface area contributed by atoms with Crippen LogP contribution in [0.2, 0.25) is 0 Å². The van der Waals surface area contributed by atoms with Crippen LogP contribution in [-0.4, -0.2) is 30.1 Å². The maximum Gasteiger partial charge on any atom is 0.417 e. The number of hydrogen-bond donors (Lipinski definition) is 4. The van der Waals surface area contributed by atoms with E-state index in [0.717, 1.165) is 12.3 Å². The minimum atomic E-state index is -4.57. The fraction of sp³-hybridized carbons (Fsp3) is 0.100. The Labute approximate surface area is 172 Å². The number of hydrogen-bond acceptors (Lipinski definition) is 7. The highest BCUT2D eigenvalue weighted by atomic mass is 19.4. The SMILES string of the molecule is N#Cc1cnc(NCc2ccc(O)c(O)c2)nc1-c1c[nH]c2ncc(C(F)(F)F)cc12. The van der Waals surface area contributed by atoms with Crippen molar-refractivity contribution in [2.24, 2.45) is 0 Å². The van der Waals surface area contributed by atoms with Gasteiger partial charge in [0.05, 0.1) is 23.0 Å². The second-order valence-electron chi connectivity index (χ2n) is 6.56. The van der Waals surface area contributed by atoms with Crippen LogP contribution in [0.15, 0.2) is 42.9 Å². The Hall–Kier alpha value is -4.33. The molecule has 11 heteroatoms. The Bertz CT molecular complexity index is 1330. The zero-order valence-corrected chi connectivity index (χ0v) is 15.6. The number of alkyl halides is 3. The van der Waals surface area contributed by atoms with Gasteiger partial charge in [0.25, 0.3) is 0 Å². The third kappa shape index (κ3) is 3.91. The minimum absolute atomic E-state index is 0.0751. The van der Waals surface area contributed by atoms with Crippen LogP contribution < -0.4 is 5.32 Å². The number of rotatable bonds is 4. The van der Waals surface area contributed by atoms with Crippen LogP contribution in [0, 0.1) is 11.3 Å². The van der Waals surface area contributed by atoms with Gasteiger partial charge >= 0.3 is 6.18 Å². The van der Waals surface area contributed by atoms with E-state index in [1.807, 2.05) is 6.07 Å². The predicted octanol–water partition coefficient (Wildman–Crippen LogP) is 3.93. The number of pyridine rings is 1. The molecule has 0 radical (unpaired) electrons. The number of aromatic amines is 1. The van der Waals surface area contributed by atoms with E-state index >= 15 is 0 Å². The van der Waals surface area contributed by atoms with Gasteiger partial charge in [-0.2, -0.15) is 18.4 Å². The van der Waals surface area contributed by atoms with Crippen LogP contribution in [0.3, 0.4) is 0 Å². The zero-order chi connectivity index (χ0) is 22.2. The number of phenols is 2. The molecule has 31 heavy (non-hydrogen) atoms. The normalized spacial score (nSPS) is 11.4. The summed E-state index contributed by atoms with van der Waals surface area (Å²) >= 11 is 0. The van der Waals surface area contributed by atoms with Gasteiger partial charge in [-0.05, 0) is 23.8 Å². The number of aromatic nitrogens is 4. The summed E-state index contributed by atoms with van der Waals surface area (Å²) in [5, 5.41) is 31.5. The first-order valence-corrected chi connectivity index (χ1v) is 8.83. The molecule has 0 saturated heterocycles. The summed E-state index contributed by atoms with van der Waals surface area (Å²) < 4.78 is 39.3. The molecule has 0 atom stereocenters. The molecule has 3 heterocycles. The predicted molar refractivity (Wildman–Crippen MR) is 104 cm³/mol. The zero-order valence-electron chi connectivity index (χ0n) is 15.6. The molecule has 0 saturated carbocycles. The third-order valence-electron chi connectivity index (χ3n) is 4.51. The number of phenolic OH excluding ortho intramolecular Hbond substituents is 2. The van der Waals surface area contributed by atoms with E-state index in [4.69, 9.17) is 0 Å². The van der Waals surface area contributed by atoms with Crippen molar-refractivity contribution in [2.75, 3.05) is 5.32 Å². The van der Waals surface area contributed by atoms with Gasteiger partial charge in [-0.3, -0.25) is 0 Å². The molecule has 0 amide bonds. The Morgan fingerprint density at radius 1 is 1.10 bits per heavy atom. The maximum absolute atomic E-state index is 13.1. The largest absolute Gasteiger partial charge is 0.504 e. The van der Waals surface area contributed by atoms with E-state index in [9.17, 15) is 28.6 Å². The van der Waals surface area contributed by atoms with Crippen molar-refractivity contribution < 1.29 is 23.4 Å². The van der Waals surface area contributed by atoms with E-state index < -0.39 is 11.7 Å². The van der Waals surface area contributed by atoms with Gasteiger partial charge < -0.3 is 20.5 Å². The molecule has 3 aromatic heterocycles. The van der Waals surface area contributed by atoms with Crippen molar-refractivity contribution in [2.45, 2.75) is 12.7 Å². The average Bonchev–Trinajstić information content (AvgIpc) is 3.17. The molecule has 0 aliphatic rings. The van der Waals surface area contributed by atoms with Crippen LogP contribution in [0.5, 0.6) is 11.5 Å². The average molecular weight is 426 g/mol. The summed E-state index contributed by atoms with van der Waals surface area (Å²) in [7, 11) is 0. The van der Waals surface area contributed by atoms with E-state index in [2.05, 4.69) is 25.3 Å². The van der Waals surface area contributed by atoms with Crippen molar-refractivity contribution in [1.82, 2.24) is 19.9 Å². The van der Waals surface area contributed by atoms with Gasteiger partial charge in [-0.15, -0.1) is 0 Å². The number of fused-ring (bicyclic) bond motifs is 1. The molecule has 8 nitrogen and oxygen atoms in total. The van der Waals surface area contributed by atoms with Crippen LogP contribution >= 0.6 is 0 Å². The highest BCUT2D eigenvalue weighted by molar-refractivity contribution is 5.94. The van der Waals surface area contributed by atoms with E-state index in [1.165, 1.54) is 24.5 Å². The smallest absolute Gasteiger partial charge is 0.417 e. The number of nitrogens with one attached hydrogen (secondary N) is 2. The summed E-state index contributed by atoms with van der Waals surface area (Å²) in [6.45, 7) is 0.187. The Morgan fingerprint density at radius 3 is 2.61 bits per heavy atom. The summed E-state index contributed by atoms with van der Waals surface area (Å²) in [6.07, 6.45) is -1.14. The number of halogens is 3. The second kappa shape index (κ2) is 7.49. The monoisotopic (exact) mass is 426 g/mol. The number of aromatic hydroxyl groups is 2. The lowest BCUT2D eigenvalue weighted by molar-refractivity contribution is -0.137. The van der Waals surface area contributed by atoms with Crippen molar-refractivity contribution in [1.29, 1.82) is 5.26 Å². The van der Waals surface area contributed by atoms with Gasteiger partial charge in [0, 0.05) is 29.9 Å². The lowest BCUT2D eigenvalue weighted by atomic mass is 10.1. The highest BCUT2D eigenvalue weighted by Crippen LogP contribution is 2.34. The first-order valence-electron chi connectivity index (χ1n) is 8.83. The number of H-pyrrole nitrogens is 1. The molecule has 4 N–H and O–H groups in total. The lowest BCUT2D eigenvalue weighted by Crippen LogP contribution is -2.06. The molecule has 0 bridgehead atoms.